The summed E-state index contributed by atoms with van der Waals surface area (Å²) in [6.07, 6.45) is 6.40. The van der Waals surface area contributed by atoms with Gasteiger partial charge in [0.2, 0.25) is 0 Å². The molecule has 2 aromatic carbocycles. The van der Waals surface area contributed by atoms with Crippen molar-refractivity contribution in [2.45, 2.75) is 13.3 Å². The van der Waals surface area contributed by atoms with E-state index < -0.39 is 0 Å². The zero-order valence-corrected chi connectivity index (χ0v) is 18.9. The number of nitrogens with zero attached hydrogens (tertiary/aromatic N) is 4. The highest BCUT2D eigenvalue weighted by atomic mass is 15.0. The van der Waals surface area contributed by atoms with Crippen LogP contribution >= 0.6 is 0 Å². The molecule has 5 nitrogen and oxygen atoms in total. The molecule has 3 heterocycles. The fourth-order valence-corrected chi connectivity index (χ4v) is 4.03. The smallest absolute Gasteiger partial charge is 0.135 e. The molecule has 5 rings (SSSR count). The predicted octanol–water partition coefficient (Wildman–Crippen LogP) is 6.19. The molecule has 0 amide bonds. The number of hydrogen-bond acceptors (Lipinski definition) is 5. The fraction of sp³-hybridized carbons (Fsp3) is 0.103. The van der Waals surface area contributed by atoms with Crippen molar-refractivity contribution < 1.29 is 0 Å². The topological polar surface area (TPSA) is 74.5 Å². The molecule has 0 aliphatic heterocycles. The zero-order chi connectivity index (χ0) is 23.3. The molecular formula is C29H23N5. The molecule has 164 valence electrons. The number of anilines is 1. The molecule has 0 spiro atoms. The number of nitrogens with one attached hydrogen (secondary N) is 1. The van der Waals surface area contributed by atoms with Gasteiger partial charge in [-0.25, -0.2) is 4.98 Å². The van der Waals surface area contributed by atoms with Gasteiger partial charge in [-0.15, -0.1) is 0 Å². The lowest BCUT2D eigenvalue weighted by molar-refractivity contribution is 1.01. The van der Waals surface area contributed by atoms with Crippen molar-refractivity contribution in [3.05, 3.63) is 108 Å². The second-order valence-corrected chi connectivity index (χ2v) is 8.20. The standard InChI is InChI=1S/C29H23N5/c1-20-15-24(10-13-31-20)23-7-5-21(6-8-23)9-12-32-29-27-19-34-28(17-25(27)11-14-33-29)26-4-2-3-22(16-26)18-30/h2-8,10-11,13-17,19H,9,12H2,1H3,(H,32,33). The summed E-state index contributed by atoms with van der Waals surface area (Å²) < 4.78 is 0. The van der Waals surface area contributed by atoms with Gasteiger partial charge in [-0.05, 0) is 71.8 Å². The Morgan fingerprint density at radius 2 is 1.68 bits per heavy atom. The molecule has 5 aromatic rings. The van der Waals surface area contributed by atoms with E-state index in [0.717, 1.165) is 46.5 Å². The Kier molecular flexibility index (Phi) is 5.96. The SMILES string of the molecule is Cc1cc(-c2ccc(CCNc3nccc4cc(-c5cccc(C#N)c5)ncc34)cc2)ccn1. The van der Waals surface area contributed by atoms with E-state index in [1.807, 2.05) is 61.9 Å². The quantitative estimate of drug-likeness (QED) is 0.340. The number of fused-ring (bicyclic) bond motifs is 1. The first-order valence-corrected chi connectivity index (χ1v) is 11.2. The molecular weight excluding hydrogens is 418 g/mol. The minimum Gasteiger partial charge on any atom is -0.369 e. The van der Waals surface area contributed by atoms with Gasteiger partial charge in [-0.3, -0.25) is 9.97 Å². The average molecular weight is 442 g/mol. The number of rotatable bonds is 6. The third-order valence-corrected chi connectivity index (χ3v) is 5.83. The van der Waals surface area contributed by atoms with E-state index in [0.29, 0.717) is 5.56 Å². The molecule has 0 atom stereocenters. The summed E-state index contributed by atoms with van der Waals surface area (Å²) in [5.74, 6) is 0.825. The number of aryl methyl sites for hydroxylation is 1. The van der Waals surface area contributed by atoms with Gasteiger partial charge in [-0.2, -0.15) is 5.26 Å². The minimum absolute atomic E-state index is 0.625. The molecule has 0 saturated carbocycles. The van der Waals surface area contributed by atoms with Gasteiger partial charge in [0.05, 0.1) is 17.3 Å². The van der Waals surface area contributed by atoms with Crippen LogP contribution in [0.3, 0.4) is 0 Å². The monoisotopic (exact) mass is 441 g/mol. The average Bonchev–Trinajstić information content (AvgIpc) is 2.89. The van der Waals surface area contributed by atoms with Gasteiger partial charge >= 0.3 is 0 Å². The van der Waals surface area contributed by atoms with E-state index in [4.69, 9.17) is 5.26 Å². The maximum Gasteiger partial charge on any atom is 0.135 e. The second-order valence-electron chi connectivity index (χ2n) is 8.20. The Morgan fingerprint density at radius 1 is 0.824 bits per heavy atom. The fourth-order valence-electron chi connectivity index (χ4n) is 4.03. The Morgan fingerprint density at radius 3 is 2.50 bits per heavy atom. The van der Waals surface area contributed by atoms with Crippen LogP contribution < -0.4 is 5.32 Å². The van der Waals surface area contributed by atoms with Crippen LogP contribution in [0, 0.1) is 18.3 Å². The molecule has 0 radical (unpaired) electrons. The summed E-state index contributed by atoms with van der Waals surface area (Å²) in [6, 6.07) is 26.5. The molecule has 0 bridgehead atoms. The summed E-state index contributed by atoms with van der Waals surface area (Å²) in [5, 5.41) is 14.7. The van der Waals surface area contributed by atoms with Crippen molar-refractivity contribution in [3.8, 4) is 28.5 Å². The largest absolute Gasteiger partial charge is 0.369 e. The highest BCUT2D eigenvalue weighted by molar-refractivity contribution is 5.93. The van der Waals surface area contributed by atoms with Gasteiger partial charge < -0.3 is 5.32 Å². The Labute approximate surface area is 198 Å². The zero-order valence-electron chi connectivity index (χ0n) is 18.9. The molecule has 0 aliphatic carbocycles. The van der Waals surface area contributed by atoms with Crippen molar-refractivity contribution in [1.29, 1.82) is 5.26 Å². The Bertz CT molecular complexity index is 1500. The molecule has 0 unspecified atom stereocenters. The van der Waals surface area contributed by atoms with E-state index in [1.165, 1.54) is 16.7 Å². The summed E-state index contributed by atoms with van der Waals surface area (Å²) in [4.78, 5) is 13.4. The second kappa shape index (κ2) is 9.51. The van der Waals surface area contributed by atoms with Crippen LogP contribution in [0.5, 0.6) is 0 Å². The third kappa shape index (κ3) is 4.62. The van der Waals surface area contributed by atoms with Crippen molar-refractivity contribution in [1.82, 2.24) is 15.0 Å². The van der Waals surface area contributed by atoms with E-state index >= 15 is 0 Å². The minimum atomic E-state index is 0.625. The lowest BCUT2D eigenvalue weighted by Gasteiger charge is -2.10. The van der Waals surface area contributed by atoms with Crippen LogP contribution in [-0.4, -0.2) is 21.5 Å². The van der Waals surface area contributed by atoms with Crippen molar-refractivity contribution in [2.24, 2.45) is 0 Å². The molecule has 0 aliphatic rings. The van der Waals surface area contributed by atoms with E-state index in [-0.39, 0.29) is 0 Å². The number of aromatic nitrogens is 3. The number of benzene rings is 2. The normalized spacial score (nSPS) is 10.7. The van der Waals surface area contributed by atoms with Crippen LogP contribution in [-0.2, 0) is 6.42 Å². The lowest BCUT2D eigenvalue weighted by atomic mass is 10.0. The van der Waals surface area contributed by atoms with Gasteiger partial charge in [0.1, 0.15) is 5.82 Å². The van der Waals surface area contributed by atoms with Gasteiger partial charge in [0.25, 0.3) is 0 Å². The first-order chi connectivity index (χ1) is 16.7. The number of nitriles is 1. The Hall–Kier alpha value is -4.56. The van der Waals surface area contributed by atoms with E-state index in [1.54, 1.807) is 6.07 Å². The maximum atomic E-state index is 9.17. The van der Waals surface area contributed by atoms with Gasteiger partial charge in [0, 0.05) is 41.8 Å². The molecule has 5 heteroatoms. The lowest BCUT2D eigenvalue weighted by Crippen LogP contribution is -2.06. The Balaban J connectivity index is 1.28. The van der Waals surface area contributed by atoms with Crippen LogP contribution in [0.4, 0.5) is 5.82 Å². The molecule has 1 N–H and O–H groups in total. The van der Waals surface area contributed by atoms with E-state index in [9.17, 15) is 0 Å². The maximum absolute atomic E-state index is 9.17. The highest BCUT2D eigenvalue weighted by Gasteiger charge is 2.07. The van der Waals surface area contributed by atoms with Gasteiger partial charge in [0.15, 0.2) is 0 Å². The van der Waals surface area contributed by atoms with Crippen LogP contribution in [0.2, 0.25) is 0 Å². The molecule has 0 fully saturated rings. The summed E-state index contributed by atoms with van der Waals surface area (Å²) in [6.45, 7) is 2.78. The van der Waals surface area contributed by atoms with Crippen LogP contribution in [0.1, 0.15) is 16.8 Å². The summed E-state index contributed by atoms with van der Waals surface area (Å²) in [7, 11) is 0. The number of pyridine rings is 3. The van der Waals surface area contributed by atoms with Gasteiger partial charge in [-0.1, -0.05) is 36.4 Å². The van der Waals surface area contributed by atoms with Crippen molar-refractivity contribution >= 4 is 16.6 Å². The summed E-state index contributed by atoms with van der Waals surface area (Å²) in [5.41, 5.74) is 7.05. The first kappa shape index (κ1) is 21.3. The highest BCUT2D eigenvalue weighted by Crippen LogP contribution is 2.26. The molecule has 34 heavy (non-hydrogen) atoms. The summed E-state index contributed by atoms with van der Waals surface area (Å²) >= 11 is 0. The first-order valence-electron chi connectivity index (χ1n) is 11.2. The van der Waals surface area contributed by atoms with Crippen molar-refractivity contribution in [2.75, 3.05) is 11.9 Å². The van der Waals surface area contributed by atoms with Crippen molar-refractivity contribution in [3.63, 3.8) is 0 Å². The van der Waals surface area contributed by atoms with Crippen LogP contribution in [0.25, 0.3) is 33.2 Å². The molecule has 3 aromatic heterocycles. The molecule has 0 saturated heterocycles. The third-order valence-electron chi connectivity index (χ3n) is 5.83. The predicted molar refractivity (Wildman–Crippen MR) is 136 cm³/mol. The number of hydrogen-bond donors (Lipinski definition) is 1. The van der Waals surface area contributed by atoms with Crippen LogP contribution in [0.15, 0.2) is 91.4 Å². The van der Waals surface area contributed by atoms with E-state index in [2.05, 4.69) is 56.7 Å².